The smallest absolute Gasteiger partial charge is 0.377 e. The van der Waals surface area contributed by atoms with Crippen LogP contribution in [0.4, 0.5) is 0 Å². The molecule has 0 aliphatic carbocycles. The number of carbonyl (C=O) groups excluding carboxylic acids is 2. The van der Waals surface area contributed by atoms with Crippen molar-refractivity contribution in [2.24, 2.45) is 0 Å². The number of rotatable bonds is 0. The van der Waals surface area contributed by atoms with Gasteiger partial charge in [0, 0.05) is 6.61 Å². The summed E-state index contributed by atoms with van der Waals surface area (Å²) in [4.78, 5) is 21.4. The maximum absolute atomic E-state index is 10.7. The number of hydrogen-bond acceptors (Lipinski definition) is 4. The largest absolute Gasteiger partial charge is 0.460 e. The Morgan fingerprint density at radius 2 is 1.82 bits per heavy atom. The molecule has 0 spiro atoms. The lowest BCUT2D eigenvalue weighted by atomic mass is 10.3. The predicted molar refractivity (Wildman–Crippen MR) is 36.0 cm³/mol. The lowest BCUT2D eigenvalue weighted by molar-refractivity contribution is -0.155. The van der Waals surface area contributed by atoms with Crippen molar-refractivity contribution >= 4 is 11.8 Å². The number of Topliss-reactive ketones (excluding diaryl/α,β-unsaturated/α-hetero) is 1. The van der Waals surface area contributed by atoms with Crippen LogP contribution < -0.4 is 0 Å². The van der Waals surface area contributed by atoms with Crippen LogP contribution in [-0.4, -0.2) is 31.6 Å². The van der Waals surface area contributed by atoms with Crippen LogP contribution in [0.1, 0.15) is 12.8 Å². The molecular weight excluding hydrogens is 148 g/mol. The first-order valence-corrected chi connectivity index (χ1v) is 3.58. The van der Waals surface area contributed by atoms with Crippen molar-refractivity contribution in [2.45, 2.75) is 12.8 Å². The van der Waals surface area contributed by atoms with E-state index in [4.69, 9.17) is 4.74 Å². The van der Waals surface area contributed by atoms with E-state index in [1.807, 2.05) is 0 Å². The standard InChI is InChI=1S/C7H10O4/c8-6-5-10-3-1-2-4-11-7(6)9/h1-5H2. The number of cyclic esters (lactones) is 1. The second kappa shape index (κ2) is 4.08. The van der Waals surface area contributed by atoms with Crippen LogP contribution in [0.25, 0.3) is 0 Å². The summed E-state index contributed by atoms with van der Waals surface area (Å²) < 4.78 is 9.49. The molecule has 1 saturated heterocycles. The lowest BCUT2D eigenvalue weighted by Crippen LogP contribution is -2.21. The number of esters is 1. The van der Waals surface area contributed by atoms with Crippen molar-refractivity contribution in [3.8, 4) is 0 Å². The molecular formula is C7H10O4. The Balaban J connectivity index is 2.42. The Kier molecular flexibility index (Phi) is 3.04. The Hall–Kier alpha value is -0.900. The maximum atomic E-state index is 10.7. The molecule has 62 valence electrons. The van der Waals surface area contributed by atoms with E-state index in [1.165, 1.54) is 0 Å². The molecule has 4 heteroatoms. The highest BCUT2D eigenvalue weighted by Crippen LogP contribution is 1.96. The topological polar surface area (TPSA) is 52.6 Å². The van der Waals surface area contributed by atoms with Crippen LogP contribution >= 0.6 is 0 Å². The van der Waals surface area contributed by atoms with Crippen LogP contribution in [0.2, 0.25) is 0 Å². The fourth-order valence-corrected chi connectivity index (χ4v) is 0.775. The van der Waals surface area contributed by atoms with E-state index in [0.29, 0.717) is 13.2 Å². The first-order chi connectivity index (χ1) is 5.30. The van der Waals surface area contributed by atoms with Crippen LogP contribution in [0.15, 0.2) is 0 Å². The third-order valence-electron chi connectivity index (χ3n) is 1.38. The number of ether oxygens (including phenoxy) is 2. The highest BCUT2D eigenvalue weighted by atomic mass is 16.5. The van der Waals surface area contributed by atoms with E-state index in [-0.39, 0.29) is 6.61 Å². The molecule has 1 fully saturated rings. The van der Waals surface area contributed by atoms with Gasteiger partial charge in [0.1, 0.15) is 6.61 Å². The van der Waals surface area contributed by atoms with Crippen molar-refractivity contribution in [3.63, 3.8) is 0 Å². The average molecular weight is 158 g/mol. The van der Waals surface area contributed by atoms with Gasteiger partial charge in [-0.15, -0.1) is 0 Å². The summed E-state index contributed by atoms with van der Waals surface area (Å²) in [6.07, 6.45) is 1.60. The molecule has 0 aromatic rings. The van der Waals surface area contributed by atoms with Crippen molar-refractivity contribution in [1.82, 2.24) is 0 Å². The third-order valence-corrected chi connectivity index (χ3v) is 1.38. The zero-order chi connectivity index (χ0) is 8.10. The number of hydrogen-bond donors (Lipinski definition) is 0. The maximum Gasteiger partial charge on any atom is 0.377 e. The monoisotopic (exact) mass is 158 g/mol. The van der Waals surface area contributed by atoms with E-state index in [0.717, 1.165) is 12.8 Å². The van der Waals surface area contributed by atoms with Gasteiger partial charge in [0.25, 0.3) is 5.78 Å². The summed E-state index contributed by atoms with van der Waals surface area (Å²) in [6, 6.07) is 0. The molecule has 1 rings (SSSR count). The predicted octanol–water partition coefficient (Wildman–Crippen LogP) is -0.0909. The molecule has 0 bridgehead atoms. The number of carbonyl (C=O) groups is 2. The van der Waals surface area contributed by atoms with Gasteiger partial charge in [-0.05, 0) is 12.8 Å². The van der Waals surface area contributed by atoms with Gasteiger partial charge in [-0.1, -0.05) is 0 Å². The quantitative estimate of drug-likeness (QED) is 0.365. The Bertz CT molecular complexity index is 146. The summed E-state index contributed by atoms with van der Waals surface area (Å²) in [5.74, 6) is -1.36. The molecule has 0 saturated carbocycles. The van der Waals surface area contributed by atoms with E-state index in [2.05, 4.69) is 4.74 Å². The van der Waals surface area contributed by atoms with E-state index in [1.54, 1.807) is 0 Å². The van der Waals surface area contributed by atoms with Crippen LogP contribution in [0.3, 0.4) is 0 Å². The summed E-state index contributed by atoms with van der Waals surface area (Å²) in [5, 5.41) is 0. The average Bonchev–Trinajstić information content (AvgIpc) is 2.07. The van der Waals surface area contributed by atoms with E-state index < -0.39 is 11.8 Å². The van der Waals surface area contributed by atoms with E-state index >= 15 is 0 Å². The van der Waals surface area contributed by atoms with Gasteiger partial charge < -0.3 is 9.47 Å². The van der Waals surface area contributed by atoms with Crippen molar-refractivity contribution in [3.05, 3.63) is 0 Å². The second-order valence-corrected chi connectivity index (χ2v) is 2.32. The van der Waals surface area contributed by atoms with E-state index in [9.17, 15) is 9.59 Å². The SMILES string of the molecule is O=C1COCCCCOC1=O. The summed E-state index contributed by atoms with van der Waals surface area (Å²) in [5.41, 5.74) is 0. The second-order valence-electron chi connectivity index (χ2n) is 2.32. The zero-order valence-corrected chi connectivity index (χ0v) is 6.17. The van der Waals surface area contributed by atoms with Crippen LogP contribution in [-0.2, 0) is 19.1 Å². The first kappa shape index (κ1) is 8.20. The minimum atomic E-state index is -0.771. The fraction of sp³-hybridized carbons (Fsp3) is 0.714. The Morgan fingerprint density at radius 1 is 1.09 bits per heavy atom. The van der Waals surface area contributed by atoms with Gasteiger partial charge in [0.2, 0.25) is 0 Å². The van der Waals surface area contributed by atoms with Gasteiger partial charge in [0.15, 0.2) is 0 Å². The molecule has 0 aromatic carbocycles. The molecule has 4 nitrogen and oxygen atoms in total. The lowest BCUT2D eigenvalue weighted by Gasteiger charge is -1.97. The minimum absolute atomic E-state index is 0.140. The van der Waals surface area contributed by atoms with Gasteiger partial charge >= 0.3 is 5.97 Å². The zero-order valence-electron chi connectivity index (χ0n) is 6.17. The third kappa shape index (κ3) is 2.67. The Labute approximate surface area is 64.5 Å². The summed E-state index contributed by atoms with van der Waals surface area (Å²) >= 11 is 0. The van der Waals surface area contributed by atoms with Crippen molar-refractivity contribution < 1.29 is 19.1 Å². The van der Waals surface area contributed by atoms with Crippen LogP contribution in [0.5, 0.6) is 0 Å². The molecule has 0 aromatic heterocycles. The van der Waals surface area contributed by atoms with Gasteiger partial charge in [-0.2, -0.15) is 0 Å². The molecule has 0 atom stereocenters. The first-order valence-electron chi connectivity index (χ1n) is 3.58. The highest BCUT2D eigenvalue weighted by Gasteiger charge is 2.16. The molecule has 1 heterocycles. The summed E-state index contributed by atoms with van der Waals surface area (Å²) in [7, 11) is 0. The Morgan fingerprint density at radius 3 is 2.64 bits per heavy atom. The molecule has 0 N–H and O–H groups in total. The molecule has 11 heavy (non-hydrogen) atoms. The van der Waals surface area contributed by atoms with Crippen molar-refractivity contribution in [1.29, 1.82) is 0 Å². The summed E-state index contributed by atoms with van der Waals surface area (Å²) in [6.45, 7) is 0.717. The fourth-order valence-electron chi connectivity index (χ4n) is 0.775. The molecule has 1 aliphatic rings. The molecule has 0 radical (unpaired) electrons. The van der Waals surface area contributed by atoms with Gasteiger partial charge in [-0.3, -0.25) is 4.79 Å². The molecule has 0 amide bonds. The molecule has 0 unspecified atom stereocenters. The van der Waals surface area contributed by atoms with Gasteiger partial charge in [-0.25, -0.2) is 4.79 Å². The van der Waals surface area contributed by atoms with Crippen LogP contribution in [0, 0.1) is 0 Å². The number of ketones is 1. The normalized spacial score (nSPS) is 21.5. The highest BCUT2D eigenvalue weighted by molar-refractivity contribution is 6.34. The van der Waals surface area contributed by atoms with Gasteiger partial charge in [0.05, 0.1) is 6.61 Å². The minimum Gasteiger partial charge on any atom is -0.460 e. The van der Waals surface area contributed by atoms with Crippen molar-refractivity contribution in [2.75, 3.05) is 19.8 Å². The molecule has 1 aliphatic heterocycles.